The van der Waals surface area contributed by atoms with Crippen LogP contribution in [-0.4, -0.2) is 24.3 Å². The van der Waals surface area contributed by atoms with Crippen molar-refractivity contribution in [1.82, 2.24) is 0 Å². The Balaban J connectivity index is 0.000000419. The SMILES string of the molecule is C1CCOC1.CC(C)(C#N)N=NC(C)(C)C#N. The van der Waals surface area contributed by atoms with E-state index >= 15 is 0 Å². The predicted octanol–water partition coefficient (Wildman–Crippen LogP) is 2.84. The lowest BCUT2D eigenvalue weighted by Crippen LogP contribution is -2.17. The van der Waals surface area contributed by atoms with E-state index in [0.29, 0.717) is 0 Å². The van der Waals surface area contributed by atoms with Crippen LogP contribution in [0, 0.1) is 22.7 Å². The molecule has 17 heavy (non-hydrogen) atoms. The van der Waals surface area contributed by atoms with Crippen LogP contribution in [0.25, 0.3) is 0 Å². The Kier molecular flexibility index (Phi) is 6.38. The zero-order valence-corrected chi connectivity index (χ0v) is 11.0. The molecule has 1 aliphatic rings. The first-order valence-corrected chi connectivity index (χ1v) is 5.67. The number of azo groups is 1. The highest BCUT2D eigenvalue weighted by Gasteiger charge is 2.19. The molecule has 94 valence electrons. The molecule has 5 nitrogen and oxygen atoms in total. The van der Waals surface area contributed by atoms with Crippen molar-refractivity contribution < 1.29 is 4.74 Å². The average Bonchev–Trinajstić information content (AvgIpc) is 2.86. The van der Waals surface area contributed by atoms with Gasteiger partial charge in [-0.05, 0) is 40.5 Å². The van der Waals surface area contributed by atoms with Crippen molar-refractivity contribution in [2.45, 2.75) is 51.6 Å². The zero-order valence-electron chi connectivity index (χ0n) is 11.0. The Labute approximate surface area is 103 Å². The molecule has 1 rings (SSSR count). The van der Waals surface area contributed by atoms with Crippen molar-refractivity contribution in [3.8, 4) is 12.1 Å². The van der Waals surface area contributed by atoms with Gasteiger partial charge in [0.05, 0.1) is 12.1 Å². The average molecular weight is 236 g/mol. The Bertz CT molecular complexity index is 294. The molecule has 0 aromatic rings. The second-order valence-corrected chi connectivity index (χ2v) is 4.86. The largest absolute Gasteiger partial charge is 0.381 e. The molecule has 5 heteroatoms. The molecule has 1 saturated heterocycles. The summed E-state index contributed by atoms with van der Waals surface area (Å²) in [6.07, 6.45) is 2.56. The molecule has 1 fully saturated rings. The van der Waals surface area contributed by atoms with Gasteiger partial charge >= 0.3 is 0 Å². The van der Waals surface area contributed by atoms with Gasteiger partial charge in [-0.25, -0.2) is 0 Å². The summed E-state index contributed by atoms with van der Waals surface area (Å²) in [5.74, 6) is 0. The summed E-state index contributed by atoms with van der Waals surface area (Å²) >= 11 is 0. The number of rotatable bonds is 2. The van der Waals surface area contributed by atoms with Gasteiger partial charge in [-0.2, -0.15) is 20.8 Å². The smallest absolute Gasteiger partial charge is 0.162 e. The van der Waals surface area contributed by atoms with E-state index in [1.807, 2.05) is 12.1 Å². The van der Waals surface area contributed by atoms with Crippen LogP contribution >= 0.6 is 0 Å². The van der Waals surface area contributed by atoms with Gasteiger partial charge in [0.25, 0.3) is 0 Å². The van der Waals surface area contributed by atoms with Crippen molar-refractivity contribution in [3.05, 3.63) is 0 Å². The first-order valence-electron chi connectivity index (χ1n) is 5.67. The van der Waals surface area contributed by atoms with Crippen LogP contribution in [0.1, 0.15) is 40.5 Å². The van der Waals surface area contributed by atoms with Crippen molar-refractivity contribution in [2.75, 3.05) is 13.2 Å². The highest BCUT2D eigenvalue weighted by molar-refractivity contribution is 5.03. The summed E-state index contributed by atoms with van der Waals surface area (Å²) in [5.41, 5.74) is -1.68. The predicted molar refractivity (Wildman–Crippen MR) is 64.3 cm³/mol. The van der Waals surface area contributed by atoms with Gasteiger partial charge in [0.15, 0.2) is 11.1 Å². The van der Waals surface area contributed by atoms with Crippen LogP contribution < -0.4 is 0 Å². The lowest BCUT2D eigenvalue weighted by atomic mass is 10.1. The Morgan fingerprint density at radius 1 is 0.882 bits per heavy atom. The first kappa shape index (κ1) is 15.5. The minimum absolute atomic E-state index is 0.839. The third-order valence-electron chi connectivity index (χ3n) is 1.92. The van der Waals surface area contributed by atoms with Crippen LogP contribution in [-0.2, 0) is 4.74 Å². The van der Waals surface area contributed by atoms with Gasteiger partial charge in [0.2, 0.25) is 0 Å². The van der Waals surface area contributed by atoms with E-state index in [0.717, 1.165) is 13.2 Å². The fourth-order valence-corrected chi connectivity index (χ4v) is 0.805. The molecular weight excluding hydrogens is 216 g/mol. The van der Waals surface area contributed by atoms with Gasteiger partial charge in [-0.1, -0.05) is 0 Å². The van der Waals surface area contributed by atoms with Crippen LogP contribution in [0.4, 0.5) is 0 Å². The molecule has 0 aromatic heterocycles. The molecule has 0 aromatic carbocycles. The maximum atomic E-state index is 8.58. The normalized spacial score (nSPS) is 15.9. The van der Waals surface area contributed by atoms with E-state index < -0.39 is 11.1 Å². The van der Waals surface area contributed by atoms with E-state index in [1.165, 1.54) is 12.8 Å². The molecule has 0 unspecified atom stereocenters. The van der Waals surface area contributed by atoms with Crippen molar-refractivity contribution >= 4 is 0 Å². The Morgan fingerprint density at radius 2 is 1.24 bits per heavy atom. The molecule has 0 radical (unpaired) electrons. The standard InChI is InChI=1S/C8H12N4.C4H8O/c1-7(2,5-9)11-12-8(3,4)6-10;1-2-4-5-3-1/h1-4H3;1-4H2. The summed E-state index contributed by atoms with van der Waals surface area (Å²) in [6, 6.07) is 3.94. The van der Waals surface area contributed by atoms with Gasteiger partial charge in [-0.3, -0.25) is 0 Å². The van der Waals surface area contributed by atoms with E-state index in [1.54, 1.807) is 27.7 Å². The highest BCUT2D eigenvalue weighted by atomic mass is 16.5. The number of ether oxygens (including phenoxy) is 1. The highest BCUT2D eigenvalue weighted by Crippen LogP contribution is 2.13. The summed E-state index contributed by atoms with van der Waals surface area (Å²) in [5, 5.41) is 24.7. The second-order valence-electron chi connectivity index (χ2n) is 4.86. The summed E-state index contributed by atoms with van der Waals surface area (Å²) in [4.78, 5) is 0. The summed E-state index contributed by atoms with van der Waals surface area (Å²) in [7, 11) is 0. The molecule has 0 bridgehead atoms. The van der Waals surface area contributed by atoms with Gasteiger partial charge in [0, 0.05) is 13.2 Å². The minimum atomic E-state index is -0.839. The number of nitrogens with zero attached hydrogens (tertiary/aromatic N) is 4. The minimum Gasteiger partial charge on any atom is -0.381 e. The molecule has 0 saturated carbocycles. The first-order chi connectivity index (χ1) is 7.83. The van der Waals surface area contributed by atoms with Crippen LogP contribution in [0.2, 0.25) is 0 Å². The fourth-order valence-electron chi connectivity index (χ4n) is 0.805. The van der Waals surface area contributed by atoms with E-state index in [2.05, 4.69) is 10.2 Å². The third kappa shape index (κ3) is 8.36. The van der Waals surface area contributed by atoms with Crippen LogP contribution in [0.5, 0.6) is 0 Å². The maximum Gasteiger partial charge on any atom is 0.162 e. The van der Waals surface area contributed by atoms with Crippen molar-refractivity contribution in [2.24, 2.45) is 10.2 Å². The molecule has 0 aliphatic carbocycles. The lowest BCUT2D eigenvalue weighted by molar-refractivity contribution is 0.198. The quantitative estimate of drug-likeness (QED) is 0.691. The second kappa shape index (κ2) is 6.98. The molecule has 0 N–H and O–H groups in total. The van der Waals surface area contributed by atoms with E-state index in [4.69, 9.17) is 15.3 Å². The zero-order chi connectivity index (χ0) is 13.4. The monoisotopic (exact) mass is 236 g/mol. The number of hydrogen-bond acceptors (Lipinski definition) is 5. The van der Waals surface area contributed by atoms with Crippen LogP contribution in [0.3, 0.4) is 0 Å². The number of hydrogen-bond donors (Lipinski definition) is 0. The number of nitriles is 2. The molecule has 0 spiro atoms. The topological polar surface area (TPSA) is 81.5 Å². The van der Waals surface area contributed by atoms with Gasteiger partial charge in [-0.15, -0.1) is 0 Å². The van der Waals surface area contributed by atoms with Crippen LogP contribution in [0.15, 0.2) is 10.2 Å². The molecule has 0 atom stereocenters. The summed E-state index contributed by atoms with van der Waals surface area (Å²) < 4.78 is 4.94. The maximum absolute atomic E-state index is 8.58. The summed E-state index contributed by atoms with van der Waals surface area (Å²) in [6.45, 7) is 8.57. The van der Waals surface area contributed by atoms with Crippen molar-refractivity contribution in [3.63, 3.8) is 0 Å². The van der Waals surface area contributed by atoms with Gasteiger partial charge < -0.3 is 4.74 Å². The lowest BCUT2D eigenvalue weighted by Gasteiger charge is -2.11. The molecular formula is C12H20N4O. The Morgan fingerprint density at radius 3 is 1.41 bits per heavy atom. The molecule has 1 heterocycles. The van der Waals surface area contributed by atoms with E-state index in [9.17, 15) is 0 Å². The fraction of sp³-hybridized carbons (Fsp3) is 0.833. The van der Waals surface area contributed by atoms with Crippen molar-refractivity contribution in [1.29, 1.82) is 10.5 Å². The molecule has 1 aliphatic heterocycles. The van der Waals surface area contributed by atoms with Gasteiger partial charge in [0.1, 0.15) is 0 Å². The molecule has 0 amide bonds. The third-order valence-corrected chi connectivity index (χ3v) is 1.92. The van der Waals surface area contributed by atoms with E-state index in [-0.39, 0.29) is 0 Å². The Hall–Kier alpha value is -1.46.